The Bertz CT molecular complexity index is 228. The third-order valence-electron chi connectivity index (χ3n) is 1.64. The maximum Gasteiger partial charge on any atom is 0.314 e. The van der Waals surface area contributed by atoms with Crippen LogP contribution in [0.4, 0.5) is 0 Å². The molecule has 11 heavy (non-hydrogen) atoms. The largest absolute Gasteiger partial charge is 0.469 e. The van der Waals surface area contributed by atoms with Crippen LogP contribution in [0.1, 0.15) is 18.5 Å². The molecule has 0 saturated carbocycles. The molecule has 0 saturated heterocycles. The molecule has 1 aromatic rings. The van der Waals surface area contributed by atoms with Crippen molar-refractivity contribution in [1.82, 2.24) is 4.98 Å². The molecule has 0 aliphatic rings. The number of aromatic amines is 1. The zero-order chi connectivity index (χ0) is 8.27. The summed E-state index contributed by atoms with van der Waals surface area (Å²) in [6, 6.07) is 3.72. The number of nitrogens with one attached hydrogen (secondary N) is 1. The fourth-order valence-electron chi connectivity index (χ4n) is 0.917. The van der Waals surface area contributed by atoms with Gasteiger partial charge in [-0.05, 0) is 19.1 Å². The van der Waals surface area contributed by atoms with Gasteiger partial charge in [0.15, 0.2) is 0 Å². The minimum atomic E-state index is -0.215. The number of ether oxygens (including phenoxy) is 1. The van der Waals surface area contributed by atoms with E-state index in [1.807, 2.05) is 12.1 Å². The first kappa shape index (κ1) is 7.85. The molecular formula is C8H11NO2. The van der Waals surface area contributed by atoms with Crippen LogP contribution in [0.2, 0.25) is 0 Å². The van der Waals surface area contributed by atoms with Gasteiger partial charge in [0.25, 0.3) is 0 Å². The first-order valence-electron chi connectivity index (χ1n) is 3.47. The van der Waals surface area contributed by atoms with E-state index in [2.05, 4.69) is 9.72 Å². The molecule has 1 aromatic heterocycles. The van der Waals surface area contributed by atoms with Gasteiger partial charge in [-0.1, -0.05) is 0 Å². The van der Waals surface area contributed by atoms with Crippen LogP contribution >= 0.6 is 0 Å². The molecule has 3 heteroatoms. The number of hydrogen-bond donors (Lipinski definition) is 1. The third-order valence-corrected chi connectivity index (χ3v) is 1.64. The topological polar surface area (TPSA) is 42.1 Å². The lowest BCUT2D eigenvalue weighted by atomic mass is 10.1. The summed E-state index contributed by atoms with van der Waals surface area (Å²) >= 11 is 0. The number of carbonyl (C=O) groups excluding carboxylic acids is 1. The second-order valence-corrected chi connectivity index (χ2v) is 2.37. The van der Waals surface area contributed by atoms with Gasteiger partial charge in [0.05, 0.1) is 13.0 Å². The minimum Gasteiger partial charge on any atom is -0.469 e. The van der Waals surface area contributed by atoms with Crippen molar-refractivity contribution in [3.8, 4) is 0 Å². The molecule has 1 rings (SSSR count). The number of aromatic nitrogens is 1. The van der Waals surface area contributed by atoms with Gasteiger partial charge >= 0.3 is 5.97 Å². The van der Waals surface area contributed by atoms with Crippen molar-refractivity contribution in [3.05, 3.63) is 24.0 Å². The number of esters is 1. The molecule has 0 aliphatic heterocycles. The Hall–Kier alpha value is -1.25. The van der Waals surface area contributed by atoms with Crippen LogP contribution in [0.3, 0.4) is 0 Å². The molecule has 1 heterocycles. The minimum absolute atomic E-state index is 0.199. The molecule has 0 spiro atoms. The van der Waals surface area contributed by atoms with E-state index in [1.54, 1.807) is 13.1 Å². The summed E-state index contributed by atoms with van der Waals surface area (Å²) in [6.45, 7) is 1.80. The average Bonchev–Trinajstić information content (AvgIpc) is 2.53. The quantitative estimate of drug-likeness (QED) is 0.650. The predicted molar refractivity (Wildman–Crippen MR) is 41.2 cm³/mol. The van der Waals surface area contributed by atoms with E-state index in [-0.39, 0.29) is 11.9 Å². The van der Waals surface area contributed by atoms with Gasteiger partial charge in [-0.3, -0.25) is 4.79 Å². The molecule has 0 aliphatic carbocycles. The molecule has 0 aromatic carbocycles. The Balaban J connectivity index is 2.70. The normalized spacial score (nSPS) is 12.5. The SMILES string of the molecule is COC(=O)[C@H](C)c1ccc[nH]1. The highest BCUT2D eigenvalue weighted by atomic mass is 16.5. The molecule has 60 valence electrons. The average molecular weight is 153 g/mol. The first-order valence-corrected chi connectivity index (χ1v) is 3.47. The maximum absolute atomic E-state index is 11.0. The highest BCUT2D eigenvalue weighted by Gasteiger charge is 2.15. The summed E-state index contributed by atoms with van der Waals surface area (Å²) in [7, 11) is 1.39. The molecule has 1 atom stereocenters. The fourth-order valence-corrected chi connectivity index (χ4v) is 0.917. The van der Waals surface area contributed by atoms with Crippen LogP contribution in [0.5, 0.6) is 0 Å². The van der Waals surface area contributed by atoms with Gasteiger partial charge in [-0.2, -0.15) is 0 Å². The molecule has 1 N–H and O–H groups in total. The smallest absolute Gasteiger partial charge is 0.314 e. The summed E-state index contributed by atoms with van der Waals surface area (Å²) < 4.78 is 4.58. The monoisotopic (exact) mass is 153 g/mol. The van der Waals surface area contributed by atoms with Crippen molar-refractivity contribution in [3.63, 3.8) is 0 Å². The maximum atomic E-state index is 11.0. The van der Waals surface area contributed by atoms with Crippen molar-refractivity contribution in [2.75, 3.05) is 7.11 Å². The van der Waals surface area contributed by atoms with Crippen molar-refractivity contribution < 1.29 is 9.53 Å². The van der Waals surface area contributed by atoms with Crippen LogP contribution in [0.25, 0.3) is 0 Å². The van der Waals surface area contributed by atoms with E-state index in [0.717, 1.165) is 5.69 Å². The summed E-state index contributed by atoms with van der Waals surface area (Å²) in [5.41, 5.74) is 0.886. The van der Waals surface area contributed by atoms with Gasteiger partial charge in [0.1, 0.15) is 0 Å². The molecule has 0 fully saturated rings. The van der Waals surface area contributed by atoms with Crippen molar-refractivity contribution >= 4 is 5.97 Å². The Morgan fingerprint density at radius 3 is 2.91 bits per heavy atom. The van der Waals surface area contributed by atoms with Crippen LogP contribution in [0.15, 0.2) is 18.3 Å². The van der Waals surface area contributed by atoms with Gasteiger partial charge in [0, 0.05) is 11.9 Å². The number of H-pyrrole nitrogens is 1. The second-order valence-electron chi connectivity index (χ2n) is 2.37. The first-order chi connectivity index (χ1) is 5.25. The van der Waals surface area contributed by atoms with Crippen LogP contribution in [-0.2, 0) is 9.53 Å². The summed E-state index contributed by atoms with van der Waals surface area (Å²) in [5, 5.41) is 0. The van der Waals surface area contributed by atoms with Gasteiger partial charge in [0.2, 0.25) is 0 Å². The fraction of sp³-hybridized carbons (Fsp3) is 0.375. The molecule has 0 bridgehead atoms. The van der Waals surface area contributed by atoms with Crippen molar-refractivity contribution in [2.45, 2.75) is 12.8 Å². The van der Waals surface area contributed by atoms with E-state index in [9.17, 15) is 4.79 Å². The van der Waals surface area contributed by atoms with Gasteiger partial charge in [-0.25, -0.2) is 0 Å². The Morgan fingerprint density at radius 2 is 2.45 bits per heavy atom. The summed E-state index contributed by atoms with van der Waals surface area (Å²) in [6.07, 6.45) is 1.79. The van der Waals surface area contributed by atoms with E-state index < -0.39 is 0 Å². The standard InChI is InChI=1S/C8H11NO2/c1-6(8(10)11-2)7-4-3-5-9-7/h3-6,9H,1-2H3/t6-/m1/s1. The van der Waals surface area contributed by atoms with E-state index in [4.69, 9.17) is 0 Å². The van der Waals surface area contributed by atoms with Crippen LogP contribution in [0, 0.1) is 0 Å². The highest BCUT2D eigenvalue weighted by molar-refractivity contribution is 5.76. The van der Waals surface area contributed by atoms with E-state index in [0.29, 0.717) is 0 Å². The number of methoxy groups -OCH3 is 1. The molecule has 3 nitrogen and oxygen atoms in total. The lowest BCUT2D eigenvalue weighted by molar-refractivity contribution is -0.142. The Labute approximate surface area is 65.4 Å². The Morgan fingerprint density at radius 1 is 1.73 bits per heavy atom. The summed E-state index contributed by atoms with van der Waals surface area (Å²) in [5.74, 6) is -0.414. The lowest BCUT2D eigenvalue weighted by Crippen LogP contribution is -2.10. The highest BCUT2D eigenvalue weighted by Crippen LogP contribution is 2.13. The molecule has 0 unspecified atom stereocenters. The van der Waals surface area contributed by atoms with Crippen molar-refractivity contribution in [2.24, 2.45) is 0 Å². The zero-order valence-corrected chi connectivity index (χ0v) is 6.63. The third kappa shape index (κ3) is 1.61. The Kier molecular flexibility index (Phi) is 2.31. The molecule has 0 amide bonds. The van der Waals surface area contributed by atoms with Crippen LogP contribution < -0.4 is 0 Å². The van der Waals surface area contributed by atoms with Crippen LogP contribution in [-0.4, -0.2) is 18.1 Å². The zero-order valence-electron chi connectivity index (χ0n) is 6.63. The number of hydrogen-bond acceptors (Lipinski definition) is 2. The van der Waals surface area contributed by atoms with Gasteiger partial charge < -0.3 is 9.72 Å². The second kappa shape index (κ2) is 3.23. The van der Waals surface area contributed by atoms with E-state index >= 15 is 0 Å². The molecular weight excluding hydrogens is 142 g/mol. The molecule has 0 radical (unpaired) electrons. The van der Waals surface area contributed by atoms with Gasteiger partial charge in [-0.15, -0.1) is 0 Å². The number of carbonyl (C=O) groups is 1. The van der Waals surface area contributed by atoms with Crippen molar-refractivity contribution in [1.29, 1.82) is 0 Å². The number of rotatable bonds is 2. The predicted octanol–water partition coefficient (Wildman–Crippen LogP) is 1.29. The van der Waals surface area contributed by atoms with E-state index in [1.165, 1.54) is 7.11 Å². The lowest BCUT2D eigenvalue weighted by Gasteiger charge is -2.05. The summed E-state index contributed by atoms with van der Waals surface area (Å²) in [4.78, 5) is 13.9.